The molecule has 1 fully saturated rings. The number of carbonyl (C=O) groups is 1. The van der Waals surface area contributed by atoms with Gasteiger partial charge in [0.05, 0.1) is 0 Å². The summed E-state index contributed by atoms with van der Waals surface area (Å²) < 4.78 is 23.1. The summed E-state index contributed by atoms with van der Waals surface area (Å²) >= 11 is -2.34. The fraction of sp³-hybridized carbons (Fsp3) is 0.929. The van der Waals surface area contributed by atoms with E-state index in [2.05, 4.69) is 13.8 Å². The van der Waals surface area contributed by atoms with Crippen molar-refractivity contribution in [1.29, 1.82) is 0 Å². The highest BCUT2D eigenvalue weighted by Crippen LogP contribution is 2.64. The topological polar surface area (TPSA) is 89.9 Å². The van der Waals surface area contributed by atoms with Crippen LogP contribution in [-0.2, 0) is 16.1 Å². The number of piperidine rings is 1. The van der Waals surface area contributed by atoms with E-state index in [-0.39, 0.29) is 10.8 Å². The van der Waals surface area contributed by atoms with Gasteiger partial charge in [-0.2, -0.15) is 4.31 Å². The van der Waals surface area contributed by atoms with E-state index in [1.165, 1.54) is 4.31 Å². The predicted molar refractivity (Wildman–Crippen MR) is 81.7 cm³/mol. The summed E-state index contributed by atoms with van der Waals surface area (Å²) in [5, 5.41) is 9.08. The summed E-state index contributed by atoms with van der Waals surface area (Å²) in [6, 6.07) is -0.925. The van der Waals surface area contributed by atoms with Gasteiger partial charge in [-0.1, -0.05) is 41.5 Å². The van der Waals surface area contributed by atoms with Crippen LogP contribution in [-0.4, -0.2) is 35.8 Å². The Morgan fingerprint density at radius 2 is 1.48 bits per heavy atom. The molecule has 6 nitrogen and oxygen atoms in total. The Kier molecular flexibility index (Phi) is 4.42. The first-order chi connectivity index (χ1) is 9.17. The van der Waals surface area contributed by atoms with Crippen molar-refractivity contribution in [1.82, 2.24) is 9.79 Å². The molecule has 21 heavy (non-hydrogen) atoms. The summed E-state index contributed by atoms with van der Waals surface area (Å²) in [7, 11) is 0. The number of amides is 1. The SMILES string of the molecule is CC1(C)C(C(=O)NO)N(S(=O)O)C(C)(C)C(C)(C)C1(C)C. The Balaban J connectivity index is 3.70. The van der Waals surface area contributed by atoms with Crippen molar-refractivity contribution in [2.45, 2.75) is 67.0 Å². The molecule has 3 N–H and O–H groups in total. The zero-order valence-corrected chi connectivity index (χ0v) is 15.0. The number of hydrogen-bond donors (Lipinski definition) is 3. The van der Waals surface area contributed by atoms with Crippen LogP contribution in [0.4, 0.5) is 0 Å². The first kappa shape index (κ1) is 18.5. The third-order valence-corrected chi connectivity index (χ3v) is 7.70. The smallest absolute Gasteiger partial charge is 0.262 e. The van der Waals surface area contributed by atoms with Gasteiger partial charge in [0.15, 0.2) is 0 Å². The van der Waals surface area contributed by atoms with E-state index in [1.54, 1.807) is 5.48 Å². The molecule has 124 valence electrons. The number of nitrogens with one attached hydrogen (secondary N) is 1. The molecule has 0 spiro atoms. The minimum Gasteiger partial charge on any atom is -0.294 e. The molecule has 0 aromatic carbocycles. The van der Waals surface area contributed by atoms with Crippen molar-refractivity contribution in [2.24, 2.45) is 16.2 Å². The van der Waals surface area contributed by atoms with Crippen molar-refractivity contribution in [2.75, 3.05) is 0 Å². The molecule has 7 heteroatoms. The van der Waals surface area contributed by atoms with E-state index in [9.17, 15) is 13.6 Å². The van der Waals surface area contributed by atoms with E-state index in [1.807, 2.05) is 41.5 Å². The lowest BCUT2D eigenvalue weighted by Gasteiger charge is -2.68. The monoisotopic (exact) mass is 320 g/mol. The molecule has 0 saturated carbocycles. The lowest BCUT2D eigenvalue weighted by molar-refractivity contribution is -0.193. The molecular formula is C14H28N2O4S. The number of carbonyl (C=O) groups excluding carboxylic acids is 1. The van der Waals surface area contributed by atoms with Crippen LogP contribution in [0.3, 0.4) is 0 Å². The molecule has 0 aliphatic carbocycles. The van der Waals surface area contributed by atoms with Gasteiger partial charge in [0, 0.05) is 5.54 Å². The van der Waals surface area contributed by atoms with Crippen molar-refractivity contribution in [3.05, 3.63) is 0 Å². The highest BCUT2D eigenvalue weighted by atomic mass is 32.2. The van der Waals surface area contributed by atoms with Crippen LogP contribution in [0.1, 0.15) is 55.4 Å². The first-order valence-corrected chi connectivity index (χ1v) is 8.08. The maximum atomic E-state index is 12.2. The second kappa shape index (κ2) is 5.01. The minimum atomic E-state index is -2.34. The van der Waals surface area contributed by atoms with Gasteiger partial charge >= 0.3 is 0 Å². The van der Waals surface area contributed by atoms with E-state index >= 15 is 0 Å². The van der Waals surface area contributed by atoms with E-state index in [0.717, 1.165) is 0 Å². The summed E-state index contributed by atoms with van der Waals surface area (Å²) in [5.41, 5.74) is -0.427. The van der Waals surface area contributed by atoms with Crippen LogP contribution in [0, 0.1) is 16.2 Å². The molecule has 0 aromatic heterocycles. The lowest BCUT2D eigenvalue weighted by atomic mass is 9.45. The Hall–Kier alpha value is -0.500. The molecule has 1 saturated heterocycles. The van der Waals surface area contributed by atoms with Gasteiger partial charge in [-0.3, -0.25) is 14.6 Å². The fourth-order valence-corrected chi connectivity index (χ4v) is 4.74. The Morgan fingerprint density at radius 3 is 1.81 bits per heavy atom. The molecule has 0 bridgehead atoms. The third kappa shape index (κ3) is 2.17. The van der Waals surface area contributed by atoms with Crippen molar-refractivity contribution < 1.29 is 18.8 Å². The summed E-state index contributed by atoms with van der Waals surface area (Å²) in [4.78, 5) is 12.2. The van der Waals surface area contributed by atoms with Gasteiger partial charge in [-0.25, -0.2) is 9.69 Å². The highest BCUT2D eigenvalue weighted by Gasteiger charge is 2.68. The van der Waals surface area contributed by atoms with Crippen LogP contribution in [0.2, 0.25) is 0 Å². The molecular weight excluding hydrogens is 292 g/mol. The van der Waals surface area contributed by atoms with Crippen molar-refractivity contribution >= 4 is 17.2 Å². The number of rotatable bonds is 2. The summed E-state index contributed by atoms with van der Waals surface area (Å²) in [6.07, 6.45) is 0. The van der Waals surface area contributed by atoms with Crippen molar-refractivity contribution in [3.8, 4) is 0 Å². The van der Waals surface area contributed by atoms with Crippen LogP contribution in [0.5, 0.6) is 0 Å². The molecule has 2 unspecified atom stereocenters. The largest absolute Gasteiger partial charge is 0.294 e. The number of hydrogen-bond acceptors (Lipinski definition) is 3. The maximum absolute atomic E-state index is 12.2. The second-order valence-corrected chi connectivity index (χ2v) is 8.82. The lowest BCUT2D eigenvalue weighted by Crippen LogP contribution is -2.76. The average Bonchev–Trinajstić information content (AvgIpc) is 2.31. The van der Waals surface area contributed by atoms with Gasteiger partial charge < -0.3 is 0 Å². The standard InChI is InChI=1S/C14H28N2O4S/c1-11(2)9(10(17)15-18)16(21(19)20)14(7,8)13(5,6)12(11,3)4/h9,18H,1-8H3,(H,15,17)(H,19,20). The molecule has 1 rings (SSSR count). The third-order valence-electron chi connectivity index (χ3n) is 6.70. The Bertz CT molecular complexity index is 472. The zero-order valence-electron chi connectivity index (χ0n) is 14.1. The van der Waals surface area contributed by atoms with E-state index < -0.39 is 34.2 Å². The molecule has 1 amide bonds. The molecule has 2 atom stereocenters. The fourth-order valence-electron chi connectivity index (χ4n) is 3.58. The Labute approximate surface area is 129 Å². The van der Waals surface area contributed by atoms with E-state index in [4.69, 9.17) is 5.21 Å². The highest BCUT2D eigenvalue weighted by molar-refractivity contribution is 7.76. The first-order valence-electron chi connectivity index (χ1n) is 7.02. The normalized spacial score (nSPS) is 31.4. The van der Waals surface area contributed by atoms with Crippen molar-refractivity contribution in [3.63, 3.8) is 0 Å². The summed E-state index contributed by atoms with van der Waals surface area (Å²) in [5.74, 6) is -0.668. The van der Waals surface area contributed by atoms with Gasteiger partial charge in [-0.15, -0.1) is 0 Å². The van der Waals surface area contributed by atoms with Crippen LogP contribution in [0.15, 0.2) is 0 Å². The maximum Gasteiger partial charge on any atom is 0.262 e. The minimum absolute atomic E-state index is 0.337. The van der Waals surface area contributed by atoms with Crippen LogP contribution in [0.25, 0.3) is 0 Å². The van der Waals surface area contributed by atoms with Crippen LogP contribution >= 0.6 is 0 Å². The van der Waals surface area contributed by atoms with Gasteiger partial charge in [0.2, 0.25) is 11.3 Å². The molecule has 1 aliphatic rings. The van der Waals surface area contributed by atoms with Gasteiger partial charge in [-0.05, 0) is 30.1 Å². The molecule has 0 aromatic rings. The molecule has 0 radical (unpaired) electrons. The zero-order chi connectivity index (χ0) is 17.0. The van der Waals surface area contributed by atoms with Crippen LogP contribution < -0.4 is 5.48 Å². The summed E-state index contributed by atoms with van der Waals surface area (Å²) in [6.45, 7) is 15.7. The predicted octanol–water partition coefficient (Wildman–Crippen LogP) is 2.17. The van der Waals surface area contributed by atoms with E-state index in [0.29, 0.717) is 0 Å². The quantitative estimate of drug-likeness (QED) is 0.413. The van der Waals surface area contributed by atoms with Gasteiger partial charge in [0.25, 0.3) is 5.91 Å². The molecule has 1 heterocycles. The Morgan fingerprint density at radius 1 is 1.05 bits per heavy atom. The van der Waals surface area contributed by atoms with Gasteiger partial charge in [0.1, 0.15) is 6.04 Å². The molecule has 1 aliphatic heterocycles. The number of nitrogens with zero attached hydrogens (tertiary/aromatic N) is 1. The average molecular weight is 320 g/mol. The second-order valence-electron chi connectivity index (χ2n) is 7.97. The number of hydroxylamine groups is 1.